The van der Waals surface area contributed by atoms with E-state index in [1.54, 1.807) is 30.3 Å². The van der Waals surface area contributed by atoms with Crippen molar-refractivity contribution in [3.63, 3.8) is 0 Å². The highest BCUT2D eigenvalue weighted by atomic mass is 32.2. The van der Waals surface area contributed by atoms with Crippen molar-refractivity contribution in [3.8, 4) is 5.75 Å². The molecule has 0 bridgehead atoms. The molecule has 0 spiro atoms. The van der Waals surface area contributed by atoms with Gasteiger partial charge >= 0.3 is 6.03 Å². The van der Waals surface area contributed by atoms with E-state index < -0.39 is 27.5 Å². The van der Waals surface area contributed by atoms with Crippen LogP contribution < -0.4 is 13.9 Å². The van der Waals surface area contributed by atoms with Crippen LogP contribution in [0.2, 0.25) is 0 Å². The molecule has 1 aliphatic rings. The van der Waals surface area contributed by atoms with E-state index in [2.05, 4.69) is 0 Å². The summed E-state index contributed by atoms with van der Waals surface area (Å²) in [7, 11) is -2.19. The molecule has 3 aromatic rings. The fourth-order valence-corrected chi connectivity index (χ4v) is 4.93. The molecule has 6 nitrogen and oxygen atoms in total. The van der Waals surface area contributed by atoms with Gasteiger partial charge < -0.3 is 4.74 Å². The number of amides is 2. The molecule has 4 rings (SSSR count). The van der Waals surface area contributed by atoms with Crippen LogP contribution in [0.3, 0.4) is 0 Å². The van der Waals surface area contributed by atoms with Crippen molar-refractivity contribution < 1.29 is 26.7 Å². The molecule has 32 heavy (non-hydrogen) atoms. The lowest BCUT2D eigenvalue weighted by molar-refractivity contribution is 0.254. The van der Waals surface area contributed by atoms with Crippen molar-refractivity contribution in [2.75, 3.05) is 22.6 Å². The van der Waals surface area contributed by atoms with Crippen molar-refractivity contribution in [3.05, 3.63) is 77.9 Å². The van der Waals surface area contributed by atoms with Crippen LogP contribution in [0.5, 0.6) is 5.75 Å². The first kappa shape index (κ1) is 22.1. The van der Waals surface area contributed by atoms with Gasteiger partial charge in [-0.05, 0) is 42.3 Å². The van der Waals surface area contributed by atoms with Crippen LogP contribution in [-0.4, -0.2) is 27.8 Å². The summed E-state index contributed by atoms with van der Waals surface area (Å²) in [4.78, 5) is 15.4. The van der Waals surface area contributed by atoms with Crippen LogP contribution in [0.4, 0.5) is 25.0 Å². The Balaban J connectivity index is 1.78. The molecule has 1 heterocycles. The quantitative estimate of drug-likeness (QED) is 0.483. The molecule has 1 aliphatic heterocycles. The van der Waals surface area contributed by atoms with Crippen LogP contribution >= 0.6 is 11.9 Å². The molecular formula is C22H18F2N2O4S2. The third kappa shape index (κ3) is 4.15. The molecule has 0 unspecified atom stereocenters. The number of rotatable bonds is 5. The van der Waals surface area contributed by atoms with Crippen LogP contribution in [0.25, 0.3) is 0 Å². The molecule has 0 radical (unpaired) electrons. The number of benzene rings is 3. The average molecular weight is 477 g/mol. The second-order valence-corrected chi connectivity index (χ2v) is 10.1. The van der Waals surface area contributed by atoms with Crippen molar-refractivity contribution in [2.24, 2.45) is 0 Å². The number of urea groups is 1. The number of ether oxygens (including phenoxy) is 1. The molecule has 0 saturated heterocycles. The number of carbonyl (C=O) groups is 1. The highest BCUT2D eigenvalue weighted by Gasteiger charge is 2.34. The normalized spacial score (nSPS) is 13.8. The number of carbonyl (C=O) groups excluding carboxylic acids is 1. The third-order valence-corrected chi connectivity index (χ3v) is 7.10. The molecule has 0 N–H and O–H groups in total. The highest BCUT2D eigenvalue weighted by Crippen LogP contribution is 2.42. The van der Waals surface area contributed by atoms with Gasteiger partial charge in [-0.25, -0.2) is 26.3 Å². The summed E-state index contributed by atoms with van der Waals surface area (Å²) in [5, 5.41) is 0. The molecule has 3 aromatic carbocycles. The lowest BCUT2D eigenvalue weighted by Gasteiger charge is -2.36. The predicted molar refractivity (Wildman–Crippen MR) is 119 cm³/mol. The van der Waals surface area contributed by atoms with Gasteiger partial charge in [-0.2, -0.15) is 0 Å². The van der Waals surface area contributed by atoms with Crippen LogP contribution in [-0.2, 0) is 16.4 Å². The van der Waals surface area contributed by atoms with Gasteiger partial charge in [0.25, 0.3) is 0 Å². The van der Waals surface area contributed by atoms with Gasteiger partial charge in [-0.1, -0.05) is 18.2 Å². The summed E-state index contributed by atoms with van der Waals surface area (Å²) in [6, 6.07) is 14.5. The molecule has 10 heteroatoms. The minimum Gasteiger partial charge on any atom is -0.497 e. The van der Waals surface area contributed by atoms with Gasteiger partial charge in [0.05, 0.1) is 34.8 Å². The lowest BCUT2D eigenvalue weighted by Crippen LogP contribution is -2.43. The maximum Gasteiger partial charge on any atom is 0.339 e. The number of hydrogen-bond donors (Lipinski definition) is 0. The molecule has 0 aromatic heterocycles. The van der Waals surface area contributed by atoms with Gasteiger partial charge in [0.1, 0.15) is 17.4 Å². The first-order valence-electron chi connectivity index (χ1n) is 9.39. The smallest absolute Gasteiger partial charge is 0.339 e. The van der Waals surface area contributed by atoms with E-state index in [0.717, 1.165) is 30.3 Å². The number of para-hydroxylation sites is 1. The standard InChI is InChI=1S/C22H18F2N2O4S2/c1-30-15-11-18(23)17(19(24)12-15)13-25-20-8-3-4-9-21(20)31-26(22(25)27)14-6-5-7-16(10-14)32(2,28)29/h3-12H,13H2,1-2H3. The van der Waals surface area contributed by atoms with Crippen molar-refractivity contribution in [1.29, 1.82) is 0 Å². The zero-order valence-corrected chi connectivity index (χ0v) is 18.7. The van der Waals surface area contributed by atoms with E-state index in [-0.39, 0.29) is 22.8 Å². The van der Waals surface area contributed by atoms with Gasteiger partial charge in [-0.3, -0.25) is 4.90 Å². The summed E-state index contributed by atoms with van der Waals surface area (Å²) < 4.78 is 59.4. The molecule has 0 fully saturated rings. The Morgan fingerprint density at radius 2 is 1.69 bits per heavy atom. The first-order valence-corrected chi connectivity index (χ1v) is 12.1. The molecule has 2 amide bonds. The first-order chi connectivity index (χ1) is 15.2. The fraction of sp³-hybridized carbons (Fsp3) is 0.136. The summed E-state index contributed by atoms with van der Waals surface area (Å²) >= 11 is 1.11. The maximum absolute atomic E-state index is 14.6. The molecule has 0 aliphatic carbocycles. The number of fused-ring (bicyclic) bond motifs is 1. The van der Waals surface area contributed by atoms with Crippen LogP contribution in [0.15, 0.2) is 70.5 Å². The zero-order chi connectivity index (χ0) is 23.0. The number of anilines is 2. The summed E-state index contributed by atoms with van der Waals surface area (Å²) in [5.41, 5.74) is 0.538. The summed E-state index contributed by atoms with van der Waals surface area (Å²) in [6.07, 6.45) is 1.08. The SMILES string of the molecule is COc1cc(F)c(CN2C(=O)N(c3cccc(S(C)(=O)=O)c3)Sc3ccccc32)c(F)c1. The minimum absolute atomic E-state index is 0.0314. The van der Waals surface area contributed by atoms with Gasteiger partial charge in [0, 0.05) is 24.0 Å². The summed E-state index contributed by atoms with van der Waals surface area (Å²) in [6.45, 7) is -0.361. The lowest BCUT2D eigenvalue weighted by atomic mass is 10.1. The number of methoxy groups -OCH3 is 1. The number of hydrogen-bond acceptors (Lipinski definition) is 5. The Morgan fingerprint density at radius 1 is 1.00 bits per heavy atom. The molecule has 166 valence electrons. The Labute approximate surface area is 188 Å². The molecule has 0 saturated carbocycles. The van der Waals surface area contributed by atoms with Crippen LogP contribution in [0, 0.1) is 11.6 Å². The van der Waals surface area contributed by atoms with Crippen molar-refractivity contribution in [2.45, 2.75) is 16.3 Å². The Hall–Kier alpha value is -3.11. The van der Waals surface area contributed by atoms with E-state index in [1.165, 1.54) is 34.5 Å². The maximum atomic E-state index is 14.6. The highest BCUT2D eigenvalue weighted by molar-refractivity contribution is 8.01. The predicted octanol–water partition coefficient (Wildman–Crippen LogP) is 5.03. The largest absolute Gasteiger partial charge is 0.497 e. The summed E-state index contributed by atoms with van der Waals surface area (Å²) in [5.74, 6) is -1.64. The second-order valence-electron chi connectivity index (χ2n) is 7.06. The average Bonchev–Trinajstić information content (AvgIpc) is 2.76. The Kier molecular flexibility index (Phi) is 5.83. The van der Waals surface area contributed by atoms with E-state index in [0.29, 0.717) is 16.3 Å². The van der Waals surface area contributed by atoms with Crippen molar-refractivity contribution >= 4 is 39.2 Å². The third-order valence-electron chi connectivity index (χ3n) is 4.90. The van der Waals surface area contributed by atoms with E-state index in [9.17, 15) is 22.0 Å². The fourth-order valence-electron chi connectivity index (χ4n) is 3.27. The van der Waals surface area contributed by atoms with E-state index in [4.69, 9.17) is 4.74 Å². The monoisotopic (exact) mass is 476 g/mol. The van der Waals surface area contributed by atoms with E-state index >= 15 is 0 Å². The minimum atomic E-state index is -3.49. The molecule has 0 atom stereocenters. The number of sulfone groups is 1. The van der Waals surface area contributed by atoms with Crippen molar-refractivity contribution in [1.82, 2.24) is 0 Å². The number of halogens is 2. The Morgan fingerprint density at radius 3 is 2.34 bits per heavy atom. The van der Waals surface area contributed by atoms with E-state index in [1.807, 2.05) is 0 Å². The number of nitrogens with zero attached hydrogens (tertiary/aromatic N) is 2. The van der Waals surface area contributed by atoms with Crippen LogP contribution in [0.1, 0.15) is 5.56 Å². The topological polar surface area (TPSA) is 66.9 Å². The second kappa shape index (κ2) is 8.44. The van der Waals surface area contributed by atoms with Gasteiger partial charge in [0.15, 0.2) is 9.84 Å². The molecular weight excluding hydrogens is 458 g/mol. The Bertz CT molecular complexity index is 1290. The van der Waals surface area contributed by atoms with Gasteiger partial charge in [0.2, 0.25) is 0 Å². The van der Waals surface area contributed by atoms with Gasteiger partial charge in [-0.15, -0.1) is 0 Å². The zero-order valence-electron chi connectivity index (χ0n) is 17.1.